The van der Waals surface area contributed by atoms with Gasteiger partial charge in [0, 0.05) is 0 Å². The van der Waals surface area contributed by atoms with Gasteiger partial charge in [0.2, 0.25) is 0 Å². The first-order valence-electron chi connectivity index (χ1n) is 7.09. The zero-order valence-electron chi connectivity index (χ0n) is 11.1. The minimum absolute atomic E-state index is 0.493. The van der Waals surface area contributed by atoms with Crippen molar-refractivity contribution in [2.45, 2.75) is 12.8 Å². The van der Waals surface area contributed by atoms with Crippen LogP contribution < -0.4 is 0 Å². The van der Waals surface area contributed by atoms with Gasteiger partial charge < -0.3 is 4.98 Å². The average molecular weight is 261 g/mol. The lowest BCUT2D eigenvalue weighted by Crippen LogP contribution is -2.04. The fourth-order valence-corrected chi connectivity index (χ4v) is 3.48. The number of nitrogens with zero attached hydrogens (tertiary/aromatic N) is 2. The third kappa shape index (κ3) is 1.77. The summed E-state index contributed by atoms with van der Waals surface area (Å²) >= 11 is 0. The molecule has 0 amide bonds. The van der Waals surface area contributed by atoms with Crippen LogP contribution >= 0.6 is 0 Å². The SMILES string of the molecule is N#CC(=CC1CC2C=CC1C2)c1nc2ccccc2[nH]1. The molecule has 20 heavy (non-hydrogen) atoms. The summed E-state index contributed by atoms with van der Waals surface area (Å²) in [7, 11) is 0. The van der Waals surface area contributed by atoms with E-state index in [1.54, 1.807) is 0 Å². The van der Waals surface area contributed by atoms with Crippen molar-refractivity contribution in [3.8, 4) is 6.07 Å². The molecule has 1 N–H and O–H groups in total. The Morgan fingerprint density at radius 1 is 1.30 bits per heavy atom. The summed E-state index contributed by atoms with van der Waals surface area (Å²) in [6, 6.07) is 10.2. The highest BCUT2D eigenvalue weighted by Crippen LogP contribution is 2.44. The molecule has 0 aliphatic heterocycles. The molecule has 4 rings (SSSR count). The number of allylic oxidation sites excluding steroid dienone is 4. The van der Waals surface area contributed by atoms with Gasteiger partial charge >= 0.3 is 0 Å². The van der Waals surface area contributed by atoms with E-state index in [0.717, 1.165) is 17.0 Å². The van der Waals surface area contributed by atoms with Crippen molar-refractivity contribution >= 4 is 16.6 Å². The number of nitrogens with one attached hydrogen (secondary N) is 1. The number of fused-ring (bicyclic) bond motifs is 3. The molecule has 1 heterocycles. The van der Waals surface area contributed by atoms with Gasteiger partial charge in [-0.2, -0.15) is 5.26 Å². The maximum Gasteiger partial charge on any atom is 0.148 e. The standard InChI is InChI=1S/C17H15N3/c18-10-14(9-13-8-11-5-6-12(13)7-11)17-19-15-3-1-2-4-16(15)20-17/h1-6,9,11-13H,7-8H2,(H,19,20). The highest BCUT2D eigenvalue weighted by atomic mass is 14.9. The number of rotatable bonds is 2. The van der Waals surface area contributed by atoms with E-state index in [9.17, 15) is 5.26 Å². The molecule has 0 saturated heterocycles. The second kappa shape index (κ2) is 4.35. The van der Waals surface area contributed by atoms with E-state index in [0.29, 0.717) is 23.2 Å². The number of nitriles is 1. The summed E-state index contributed by atoms with van der Waals surface area (Å²) < 4.78 is 0. The Hall–Kier alpha value is -2.34. The number of para-hydroxylation sites is 2. The van der Waals surface area contributed by atoms with E-state index in [1.165, 1.54) is 12.8 Å². The monoisotopic (exact) mass is 261 g/mol. The highest BCUT2D eigenvalue weighted by molar-refractivity contribution is 5.82. The van der Waals surface area contributed by atoms with Crippen LogP contribution in [0.4, 0.5) is 0 Å². The number of H-pyrrole nitrogens is 1. The van der Waals surface area contributed by atoms with Crippen LogP contribution in [-0.4, -0.2) is 9.97 Å². The van der Waals surface area contributed by atoms with Crippen molar-refractivity contribution < 1.29 is 0 Å². The van der Waals surface area contributed by atoms with Gasteiger partial charge in [0.25, 0.3) is 0 Å². The van der Waals surface area contributed by atoms with Gasteiger partial charge in [0.15, 0.2) is 0 Å². The molecule has 0 radical (unpaired) electrons. The Morgan fingerprint density at radius 3 is 2.90 bits per heavy atom. The number of hydrogen-bond acceptors (Lipinski definition) is 2. The van der Waals surface area contributed by atoms with Crippen LogP contribution in [0.25, 0.3) is 16.6 Å². The third-order valence-corrected chi connectivity index (χ3v) is 4.48. The van der Waals surface area contributed by atoms with Crippen LogP contribution in [0.2, 0.25) is 0 Å². The number of imidazole rings is 1. The zero-order valence-corrected chi connectivity index (χ0v) is 11.1. The Morgan fingerprint density at radius 2 is 2.20 bits per heavy atom. The molecule has 3 nitrogen and oxygen atoms in total. The Balaban J connectivity index is 1.71. The summed E-state index contributed by atoms with van der Waals surface area (Å²) in [5.74, 6) is 2.53. The smallest absolute Gasteiger partial charge is 0.148 e. The van der Waals surface area contributed by atoms with Gasteiger partial charge in [-0.3, -0.25) is 0 Å². The maximum atomic E-state index is 9.44. The molecular formula is C17H15N3. The summed E-state index contributed by atoms with van der Waals surface area (Å²) in [4.78, 5) is 7.77. The Labute approximate surface area is 117 Å². The quantitative estimate of drug-likeness (QED) is 0.662. The van der Waals surface area contributed by atoms with Crippen LogP contribution in [-0.2, 0) is 0 Å². The van der Waals surface area contributed by atoms with Gasteiger partial charge in [-0.25, -0.2) is 4.98 Å². The summed E-state index contributed by atoms with van der Waals surface area (Å²) in [6.07, 6.45) is 9.17. The van der Waals surface area contributed by atoms with Crippen LogP contribution in [0.15, 0.2) is 42.5 Å². The number of benzene rings is 1. The fourth-order valence-electron chi connectivity index (χ4n) is 3.48. The normalized spacial score (nSPS) is 28.1. The van der Waals surface area contributed by atoms with Crippen LogP contribution in [0.1, 0.15) is 18.7 Å². The first-order chi connectivity index (χ1) is 9.83. The van der Waals surface area contributed by atoms with Gasteiger partial charge in [0.05, 0.1) is 16.6 Å². The summed E-state index contributed by atoms with van der Waals surface area (Å²) in [5, 5.41) is 9.44. The number of hydrogen-bond donors (Lipinski definition) is 1. The minimum Gasteiger partial charge on any atom is -0.337 e. The molecule has 0 spiro atoms. The molecule has 2 aliphatic carbocycles. The summed E-state index contributed by atoms with van der Waals surface area (Å²) in [6.45, 7) is 0. The maximum absolute atomic E-state index is 9.44. The Kier molecular flexibility index (Phi) is 2.50. The van der Waals surface area contributed by atoms with E-state index in [4.69, 9.17) is 0 Å². The van der Waals surface area contributed by atoms with Crippen LogP contribution in [0.5, 0.6) is 0 Å². The van der Waals surface area contributed by atoms with E-state index < -0.39 is 0 Å². The van der Waals surface area contributed by atoms with Gasteiger partial charge in [-0.05, 0) is 42.7 Å². The van der Waals surface area contributed by atoms with Gasteiger partial charge in [-0.1, -0.05) is 30.4 Å². The molecule has 2 aromatic rings. The highest BCUT2D eigenvalue weighted by Gasteiger charge is 2.34. The second-order valence-electron chi connectivity index (χ2n) is 5.74. The molecule has 3 atom stereocenters. The van der Waals surface area contributed by atoms with Crippen LogP contribution in [0.3, 0.4) is 0 Å². The second-order valence-corrected chi connectivity index (χ2v) is 5.74. The first kappa shape index (κ1) is 11.5. The van der Waals surface area contributed by atoms with Crippen molar-refractivity contribution in [2.24, 2.45) is 17.8 Å². The minimum atomic E-state index is 0.493. The third-order valence-electron chi connectivity index (χ3n) is 4.48. The lowest BCUT2D eigenvalue weighted by atomic mass is 9.91. The van der Waals surface area contributed by atoms with Crippen molar-refractivity contribution in [2.75, 3.05) is 0 Å². The predicted octanol–water partition coefficient (Wildman–Crippen LogP) is 3.68. The first-order valence-corrected chi connectivity index (χ1v) is 7.09. The van der Waals surface area contributed by atoms with Crippen molar-refractivity contribution in [1.82, 2.24) is 9.97 Å². The fraction of sp³-hybridized carbons (Fsp3) is 0.294. The molecule has 1 fully saturated rings. The molecule has 3 heteroatoms. The lowest BCUT2D eigenvalue weighted by molar-refractivity contribution is 0.551. The van der Waals surface area contributed by atoms with Crippen molar-refractivity contribution in [1.29, 1.82) is 5.26 Å². The lowest BCUT2D eigenvalue weighted by Gasteiger charge is -2.13. The zero-order chi connectivity index (χ0) is 13.5. The molecule has 2 aliphatic rings. The number of aromatic amines is 1. The molecule has 98 valence electrons. The molecular weight excluding hydrogens is 246 g/mol. The van der Waals surface area contributed by atoms with Crippen LogP contribution in [0, 0.1) is 29.1 Å². The molecule has 3 unspecified atom stereocenters. The van der Waals surface area contributed by atoms with E-state index in [2.05, 4.69) is 34.3 Å². The van der Waals surface area contributed by atoms with Crippen molar-refractivity contribution in [3.63, 3.8) is 0 Å². The molecule has 2 bridgehead atoms. The predicted molar refractivity (Wildman–Crippen MR) is 78.5 cm³/mol. The van der Waals surface area contributed by atoms with E-state index in [-0.39, 0.29) is 0 Å². The number of aromatic nitrogens is 2. The molecule has 1 aromatic heterocycles. The largest absolute Gasteiger partial charge is 0.337 e. The van der Waals surface area contributed by atoms with E-state index in [1.807, 2.05) is 24.3 Å². The summed E-state index contributed by atoms with van der Waals surface area (Å²) in [5.41, 5.74) is 2.57. The molecule has 1 aromatic carbocycles. The topological polar surface area (TPSA) is 52.5 Å². The van der Waals surface area contributed by atoms with Gasteiger partial charge in [0.1, 0.15) is 11.9 Å². The van der Waals surface area contributed by atoms with Crippen molar-refractivity contribution in [3.05, 3.63) is 48.3 Å². The Bertz CT molecular complexity index is 727. The van der Waals surface area contributed by atoms with Gasteiger partial charge in [-0.15, -0.1) is 0 Å². The molecule has 1 saturated carbocycles. The average Bonchev–Trinajstić information content (AvgIpc) is 3.18. The van der Waals surface area contributed by atoms with E-state index >= 15 is 0 Å².